The Morgan fingerprint density at radius 2 is 1.69 bits per heavy atom. The molecular weight excluding hydrogens is 575 g/mol. The third kappa shape index (κ3) is 8.95. The van der Waals surface area contributed by atoms with Crippen molar-refractivity contribution in [2.45, 2.75) is 31.9 Å². The summed E-state index contributed by atoms with van der Waals surface area (Å²) in [5, 5.41) is 3.04. The van der Waals surface area contributed by atoms with Crippen molar-refractivity contribution in [1.82, 2.24) is 20.1 Å². The molecule has 0 unspecified atom stereocenters. The van der Waals surface area contributed by atoms with Crippen molar-refractivity contribution in [2.24, 2.45) is 0 Å². The highest BCUT2D eigenvalue weighted by atomic mass is 35.5. The van der Waals surface area contributed by atoms with Gasteiger partial charge in [-0.25, -0.2) is 0 Å². The summed E-state index contributed by atoms with van der Waals surface area (Å²) >= 11 is 0. The molecule has 7 nitrogen and oxygen atoms in total. The third-order valence-electron chi connectivity index (χ3n) is 5.90. The zero-order valence-corrected chi connectivity index (χ0v) is 22.7. The maximum absolute atomic E-state index is 13.6. The van der Waals surface area contributed by atoms with Crippen LogP contribution in [0.5, 0.6) is 0 Å². The fourth-order valence-corrected chi connectivity index (χ4v) is 4.02. The van der Waals surface area contributed by atoms with Crippen molar-refractivity contribution in [1.29, 1.82) is 0 Å². The van der Waals surface area contributed by atoms with Crippen LogP contribution in [-0.2, 0) is 35.3 Å². The summed E-state index contributed by atoms with van der Waals surface area (Å²) in [6.45, 7) is -0.664. The highest BCUT2D eigenvalue weighted by Crippen LogP contribution is 2.32. The molecule has 2 heterocycles. The van der Waals surface area contributed by atoms with E-state index >= 15 is 0 Å². The SMILES string of the molecule is CN(C)CCN(Cc1ncccc1C(F)(F)F)C(=O)CN(C(=O)C(F)(F)F)c1cccc2c1CNCC2.Cl.Cl. The molecule has 0 aliphatic carbocycles. The number of halogens is 8. The number of alkyl halides is 6. The lowest BCUT2D eigenvalue weighted by atomic mass is 9.98. The summed E-state index contributed by atoms with van der Waals surface area (Å²) in [6.07, 6.45) is -8.35. The number of likely N-dealkylation sites (N-methyl/N-ethyl adjacent to an activating group) is 1. The van der Waals surface area contributed by atoms with Gasteiger partial charge in [0.2, 0.25) is 5.91 Å². The minimum atomic E-state index is -5.27. The molecule has 0 atom stereocenters. The summed E-state index contributed by atoms with van der Waals surface area (Å²) < 4.78 is 81.3. The zero-order chi connectivity index (χ0) is 27.4. The van der Waals surface area contributed by atoms with E-state index in [9.17, 15) is 35.9 Å². The predicted octanol–water partition coefficient (Wildman–Crippen LogP) is 4.08. The highest BCUT2D eigenvalue weighted by Gasteiger charge is 2.45. The van der Waals surface area contributed by atoms with Gasteiger partial charge in [-0.05, 0) is 56.4 Å². The molecule has 1 N–H and O–H groups in total. The average Bonchev–Trinajstić information content (AvgIpc) is 2.83. The quantitative estimate of drug-likeness (QED) is 0.461. The number of pyridine rings is 1. The number of amides is 2. The van der Waals surface area contributed by atoms with Crippen LogP contribution in [0.1, 0.15) is 22.4 Å². The molecule has 2 amide bonds. The van der Waals surface area contributed by atoms with Crippen molar-refractivity contribution >= 4 is 42.3 Å². The smallest absolute Gasteiger partial charge is 0.334 e. The van der Waals surface area contributed by atoms with Crippen LogP contribution < -0.4 is 10.2 Å². The molecule has 0 radical (unpaired) electrons. The molecule has 39 heavy (non-hydrogen) atoms. The van der Waals surface area contributed by atoms with E-state index in [1.54, 1.807) is 25.1 Å². The molecule has 218 valence electrons. The van der Waals surface area contributed by atoms with Gasteiger partial charge in [-0.1, -0.05) is 12.1 Å². The number of hydrogen-bond acceptors (Lipinski definition) is 5. The Kier molecular flexibility index (Phi) is 12.5. The van der Waals surface area contributed by atoms with Crippen LogP contribution >= 0.6 is 24.8 Å². The summed E-state index contributed by atoms with van der Waals surface area (Å²) in [5.74, 6) is -3.18. The molecule has 3 rings (SSSR count). The molecule has 15 heteroatoms. The van der Waals surface area contributed by atoms with Crippen LogP contribution in [0.2, 0.25) is 0 Å². The van der Waals surface area contributed by atoms with E-state index in [1.807, 2.05) is 0 Å². The Hall–Kier alpha value is -2.61. The molecular formula is C24H29Cl2F6N5O2. The lowest BCUT2D eigenvalue weighted by molar-refractivity contribution is -0.170. The summed E-state index contributed by atoms with van der Waals surface area (Å²) in [6, 6.07) is 6.50. The molecule has 1 aromatic carbocycles. The predicted molar refractivity (Wildman–Crippen MR) is 138 cm³/mol. The number of nitrogens with one attached hydrogen (secondary N) is 1. The fourth-order valence-electron chi connectivity index (χ4n) is 4.02. The van der Waals surface area contributed by atoms with E-state index < -0.39 is 48.5 Å². The second kappa shape index (κ2) is 14.1. The zero-order valence-electron chi connectivity index (χ0n) is 21.1. The third-order valence-corrected chi connectivity index (χ3v) is 5.90. The number of nitrogens with zero attached hydrogens (tertiary/aromatic N) is 4. The van der Waals surface area contributed by atoms with Crippen LogP contribution in [0.3, 0.4) is 0 Å². The summed E-state index contributed by atoms with van der Waals surface area (Å²) in [7, 11) is 3.35. The first-order valence-electron chi connectivity index (χ1n) is 11.4. The number of carbonyl (C=O) groups excluding carboxylic acids is 2. The minimum Gasteiger partial charge on any atom is -0.334 e. The van der Waals surface area contributed by atoms with Crippen LogP contribution in [0.25, 0.3) is 0 Å². The van der Waals surface area contributed by atoms with E-state index in [-0.39, 0.29) is 50.1 Å². The topological polar surface area (TPSA) is 68.8 Å². The van der Waals surface area contributed by atoms with Gasteiger partial charge >= 0.3 is 18.3 Å². The normalized spacial score (nSPS) is 13.2. The molecule has 0 bridgehead atoms. The Morgan fingerprint density at radius 3 is 2.31 bits per heavy atom. The van der Waals surface area contributed by atoms with Gasteiger partial charge in [0.15, 0.2) is 0 Å². The number of carbonyl (C=O) groups is 2. The Morgan fingerprint density at radius 1 is 1.00 bits per heavy atom. The van der Waals surface area contributed by atoms with Crippen LogP contribution in [-0.4, -0.2) is 73.0 Å². The highest BCUT2D eigenvalue weighted by molar-refractivity contribution is 6.02. The standard InChI is InChI=1S/C24H27F6N5O2.2ClH/c1-33(2)11-12-34(14-19-18(23(25,26)27)6-4-9-32-19)21(36)15-35(22(37)24(28,29)30)20-7-3-5-16-8-10-31-13-17(16)20;;/h3-7,9,31H,8,10-15H2,1-2H3;2*1H. The molecule has 2 aromatic rings. The molecule has 0 saturated carbocycles. The number of aromatic nitrogens is 1. The van der Waals surface area contributed by atoms with Gasteiger partial charge in [-0.3, -0.25) is 19.5 Å². The Balaban J connectivity index is 0.00000380. The van der Waals surface area contributed by atoms with Crippen molar-refractivity contribution in [3.63, 3.8) is 0 Å². The number of rotatable bonds is 8. The van der Waals surface area contributed by atoms with E-state index in [0.717, 1.165) is 28.8 Å². The van der Waals surface area contributed by atoms with Crippen molar-refractivity contribution in [3.8, 4) is 0 Å². The average molecular weight is 604 g/mol. The second-order valence-electron chi connectivity index (χ2n) is 8.84. The van der Waals surface area contributed by atoms with Gasteiger partial charge in [-0.15, -0.1) is 24.8 Å². The first-order chi connectivity index (χ1) is 17.3. The lowest BCUT2D eigenvalue weighted by Gasteiger charge is -2.31. The first kappa shape index (κ1) is 34.4. The molecule has 0 fully saturated rings. The second-order valence-corrected chi connectivity index (χ2v) is 8.84. The molecule has 1 aliphatic heterocycles. The summed E-state index contributed by atoms with van der Waals surface area (Å²) in [4.78, 5) is 32.6. The fraction of sp³-hybridized carbons (Fsp3) is 0.458. The number of fused-ring (bicyclic) bond motifs is 1. The van der Waals surface area contributed by atoms with Crippen molar-refractivity contribution < 1.29 is 35.9 Å². The molecule has 1 aliphatic rings. The molecule has 1 aromatic heterocycles. The summed E-state index contributed by atoms with van der Waals surface area (Å²) in [5.41, 5.74) is -0.359. The maximum atomic E-state index is 13.6. The van der Waals surface area contributed by atoms with Gasteiger partial charge in [0, 0.05) is 31.5 Å². The van der Waals surface area contributed by atoms with Crippen molar-refractivity contribution in [3.05, 3.63) is 58.9 Å². The van der Waals surface area contributed by atoms with E-state index in [1.165, 1.54) is 12.1 Å². The van der Waals surface area contributed by atoms with Gasteiger partial charge in [0.05, 0.1) is 17.8 Å². The van der Waals surface area contributed by atoms with Crippen molar-refractivity contribution in [2.75, 3.05) is 45.2 Å². The number of hydrogen-bond donors (Lipinski definition) is 1. The van der Waals surface area contributed by atoms with Gasteiger partial charge in [0.25, 0.3) is 0 Å². The monoisotopic (exact) mass is 603 g/mol. The number of anilines is 1. The maximum Gasteiger partial charge on any atom is 0.471 e. The van der Waals surface area contributed by atoms with Gasteiger partial charge in [-0.2, -0.15) is 26.3 Å². The van der Waals surface area contributed by atoms with E-state index in [0.29, 0.717) is 23.4 Å². The lowest BCUT2D eigenvalue weighted by Crippen LogP contribution is -2.49. The Labute approximate surface area is 234 Å². The van der Waals surface area contributed by atoms with Gasteiger partial charge < -0.3 is 15.1 Å². The van der Waals surface area contributed by atoms with Gasteiger partial charge in [0.1, 0.15) is 6.54 Å². The molecule has 0 spiro atoms. The minimum absolute atomic E-state index is 0. The van der Waals surface area contributed by atoms with Crippen LogP contribution in [0.15, 0.2) is 36.5 Å². The molecule has 0 saturated heterocycles. The van der Waals surface area contributed by atoms with E-state index in [2.05, 4.69) is 10.3 Å². The van der Waals surface area contributed by atoms with E-state index in [4.69, 9.17) is 0 Å². The number of benzene rings is 1. The van der Waals surface area contributed by atoms with Crippen LogP contribution in [0.4, 0.5) is 32.0 Å². The largest absolute Gasteiger partial charge is 0.471 e. The Bertz CT molecular complexity index is 1130. The first-order valence-corrected chi connectivity index (χ1v) is 11.4. The van der Waals surface area contributed by atoms with Crippen LogP contribution in [0, 0.1) is 0 Å².